The summed E-state index contributed by atoms with van der Waals surface area (Å²) in [4.78, 5) is 17.4. The van der Waals surface area contributed by atoms with Gasteiger partial charge in [0.05, 0.1) is 0 Å². The van der Waals surface area contributed by atoms with Crippen LogP contribution in [-0.2, 0) is 11.3 Å². The highest BCUT2D eigenvalue weighted by Crippen LogP contribution is 2.28. The SMILES string of the molecule is CC1CN(Cc2ccccc2)CC(C)C1N(C)C(=O)CCC1CCNC1. The lowest BCUT2D eigenvalue weighted by atomic mass is 9.84. The van der Waals surface area contributed by atoms with Crippen molar-refractivity contribution < 1.29 is 4.79 Å². The molecule has 0 aromatic heterocycles. The molecular weight excluding hydrogens is 322 g/mol. The third-order valence-electron chi connectivity index (χ3n) is 6.28. The summed E-state index contributed by atoms with van der Waals surface area (Å²) >= 11 is 0. The lowest BCUT2D eigenvalue weighted by molar-refractivity contribution is -0.136. The summed E-state index contributed by atoms with van der Waals surface area (Å²) in [6.07, 6.45) is 2.96. The second-order valence-electron chi connectivity index (χ2n) is 8.53. The molecule has 0 saturated carbocycles. The van der Waals surface area contributed by atoms with Gasteiger partial charge in [0.1, 0.15) is 0 Å². The van der Waals surface area contributed by atoms with Crippen LogP contribution in [0.1, 0.15) is 38.7 Å². The number of benzene rings is 1. The normalized spacial score (nSPS) is 29.7. The molecule has 0 aliphatic carbocycles. The smallest absolute Gasteiger partial charge is 0.222 e. The van der Waals surface area contributed by atoms with Crippen molar-refractivity contribution in [2.45, 2.75) is 45.7 Å². The van der Waals surface area contributed by atoms with E-state index in [-0.39, 0.29) is 0 Å². The van der Waals surface area contributed by atoms with Gasteiger partial charge < -0.3 is 10.2 Å². The molecule has 0 bridgehead atoms. The van der Waals surface area contributed by atoms with Gasteiger partial charge in [0.25, 0.3) is 0 Å². The fraction of sp³-hybridized carbons (Fsp3) is 0.682. The summed E-state index contributed by atoms with van der Waals surface area (Å²) < 4.78 is 0. The molecule has 4 nitrogen and oxygen atoms in total. The standard InChI is InChI=1S/C22H35N3O/c1-17-14-25(16-20-7-5-4-6-8-20)15-18(2)22(17)24(3)21(26)10-9-19-11-12-23-13-19/h4-8,17-19,22-23H,9-16H2,1-3H3. The van der Waals surface area contributed by atoms with Crippen LogP contribution in [0.5, 0.6) is 0 Å². The van der Waals surface area contributed by atoms with Gasteiger partial charge in [0.15, 0.2) is 0 Å². The number of amides is 1. The Morgan fingerprint density at radius 2 is 1.88 bits per heavy atom. The maximum absolute atomic E-state index is 12.8. The summed E-state index contributed by atoms with van der Waals surface area (Å²) in [6.45, 7) is 9.95. The van der Waals surface area contributed by atoms with Crippen molar-refractivity contribution in [3.63, 3.8) is 0 Å². The third kappa shape index (κ3) is 4.86. The minimum Gasteiger partial charge on any atom is -0.342 e. The number of nitrogens with zero attached hydrogens (tertiary/aromatic N) is 2. The number of carbonyl (C=O) groups excluding carboxylic acids is 1. The monoisotopic (exact) mass is 357 g/mol. The Kier molecular flexibility index (Phi) is 6.71. The summed E-state index contributed by atoms with van der Waals surface area (Å²) in [5.74, 6) is 2.03. The zero-order valence-electron chi connectivity index (χ0n) is 16.7. The van der Waals surface area contributed by atoms with E-state index in [1.807, 2.05) is 7.05 Å². The number of likely N-dealkylation sites (tertiary alicyclic amines) is 1. The molecule has 0 radical (unpaired) electrons. The van der Waals surface area contributed by atoms with E-state index in [1.165, 1.54) is 12.0 Å². The number of piperidine rings is 1. The molecule has 26 heavy (non-hydrogen) atoms. The average molecular weight is 358 g/mol. The van der Waals surface area contributed by atoms with Gasteiger partial charge in [-0.1, -0.05) is 44.2 Å². The molecule has 3 rings (SSSR count). The molecule has 3 atom stereocenters. The Morgan fingerprint density at radius 1 is 1.19 bits per heavy atom. The van der Waals surface area contributed by atoms with Gasteiger partial charge in [-0.25, -0.2) is 0 Å². The lowest BCUT2D eigenvalue weighted by Crippen LogP contribution is -2.55. The van der Waals surface area contributed by atoms with Crippen molar-refractivity contribution in [3.8, 4) is 0 Å². The topological polar surface area (TPSA) is 35.6 Å². The molecule has 2 fully saturated rings. The van der Waals surface area contributed by atoms with Crippen LogP contribution in [0.25, 0.3) is 0 Å². The average Bonchev–Trinajstić information content (AvgIpc) is 3.13. The van der Waals surface area contributed by atoms with Gasteiger partial charge in [-0.3, -0.25) is 9.69 Å². The van der Waals surface area contributed by atoms with Crippen LogP contribution in [0.4, 0.5) is 0 Å². The van der Waals surface area contributed by atoms with Gasteiger partial charge in [-0.05, 0) is 49.2 Å². The summed E-state index contributed by atoms with van der Waals surface area (Å²) in [5, 5.41) is 3.40. The van der Waals surface area contributed by atoms with E-state index in [9.17, 15) is 4.79 Å². The van der Waals surface area contributed by atoms with E-state index in [1.54, 1.807) is 0 Å². The van der Waals surface area contributed by atoms with Crippen molar-refractivity contribution >= 4 is 5.91 Å². The van der Waals surface area contributed by atoms with Gasteiger partial charge in [0.2, 0.25) is 5.91 Å². The fourth-order valence-electron chi connectivity index (χ4n) is 5.03. The predicted molar refractivity (Wildman–Crippen MR) is 107 cm³/mol. The maximum atomic E-state index is 12.8. The molecule has 144 valence electrons. The second kappa shape index (κ2) is 9.01. The zero-order valence-corrected chi connectivity index (χ0v) is 16.7. The Morgan fingerprint density at radius 3 is 2.50 bits per heavy atom. The first-order valence-electron chi connectivity index (χ1n) is 10.3. The molecular formula is C22H35N3O. The van der Waals surface area contributed by atoms with Crippen LogP contribution in [0, 0.1) is 17.8 Å². The van der Waals surface area contributed by atoms with Crippen LogP contribution in [-0.4, -0.2) is 55.0 Å². The van der Waals surface area contributed by atoms with Crippen LogP contribution in [0.3, 0.4) is 0 Å². The molecule has 2 aliphatic heterocycles. The fourth-order valence-corrected chi connectivity index (χ4v) is 5.03. The summed E-state index contributed by atoms with van der Waals surface area (Å²) in [6, 6.07) is 11.1. The molecule has 1 amide bonds. The van der Waals surface area contributed by atoms with E-state index in [0.717, 1.165) is 39.1 Å². The van der Waals surface area contributed by atoms with Crippen molar-refractivity contribution in [1.29, 1.82) is 0 Å². The third-order valence-corrected chi connectivity index (χ3v) is 6.28. The number of carbonyl (C=O) groups is 1. The summed E-state index contributed by atoms with van der Waals surface area (Å²) in [7, 11) is 2.03. The highest BCUT2D eigenvalue weighted by atomic mass is 16.2. The highest BCUT2D eigenvalue weighted by molar-refractivity contribution is 5.76. The number of hydrogen-bond acceptors (Lipinski definition) is 3. The highest BCUT2D eigenvalue weighted by Gasteiger charge is 2.36. The minimum atomic E-state index is 0.331. The molecule has 4 heteroatoms. The van der Waals surface area contributed by atoms with Crippen molar-refractivity contribution in [1.82, 2.24) is 15.1 Å². The Bertz CT molecular complexity index is 558. The van der Waals surface area contributed by atoms with Gasteiger partial charge in [-0.15, -0.1) is 0 Å². The van der Waals surface area contributed by atoms with E-state index >= 15 is 0 Å². The van der Waals surface area contributed by atoms with E-state index in [2.05, 4.69) is 59.3 Å². The van der Waals surface area contributed by atoms with Crippen LogP contribution >= 0.6 is 0 Å². The maximum Gasteiger partial charge on any atom is 0.222 e. The molecule has 0 spiro atoms. The van der Waals surface area contributed by atoms with Crippen molar-refractivity contribution in [2.75, 3.05) is 33.2 Å². The first-order valence-corrected chi connectivity index (χ1v) is 10.3. The molecule has 3 unspecified atom stereocenters. The van der Waals surface area contributed by atoms with Gasteiger partial charge >= 0.3 is 0 Å². The van der Waals surface area contributed by atoms with E-state index in [0.29, 0.717) is 36.1 Å². The Labute approximate surface area is 158 Å². The largest absolute Gasteiger partial charge is 0.342 e. The predicted octanol–water partition coefficient (Wildman–Crippen LogP) is 2.99. The summed E-state index contributed by atoms with van der Waals surface area (Å²) in [5.41, 5.74) is 1.37. The molecule has 2 aliphatic rings. The first kappa shape index (κ1) is 19.4. The van der Waals surface area contributed by atoms with Crippen LogP contribution < -0.4 is 5.32 Å². The minimum absolute atomic E-state index is 0.331. The first-order chi connectivity index (χ1) is 12.5. The Balaban J connectivity index is 1.52. The molecule has 1 aromatic rings. The van der Waals surface area contributed by atoms with E-state index < -0.39 is 0 Å². The van der Waals surface area contributed by atoms with Crippen molar-refractivity contribution in [2.24, 2.45) is 17.8 Å². The quantitative estimate of drug-likeness (QED) is 0.850. The second-order valence-corrected chi connectivity index (χ2v) is 8.53. The zero-order chi connectivity index (χ0) is 18.5. The molecule has 1 N–H and O–H groups in total. The van der Waals surface area contributed by atoms with Gasteiger partial charge in [-0.2, -0.15) is 0 Å². The van der Waals surface area contributed by atoms with E-state index in [4.69, 9.17) is 0 Å². The number of nitrogens with one attached hydrogen (secondary N) is 1. The van der Waals surface area contributed by atoms with Gasteiger partial charge in [0, 0.05) is 39.1 Å². The lowest BCUT2D eigenvalue weighted by Gasteiger charge is -2.45. The number of hydrogen-bond donors (Lipinski definition) is 1. The molecule has 2 heterocycles. The van der Waals surface area contributed by atoms with Crippen LogP contribution in [0.15, 0.2) is 30.3 Å². The van der Waals surface area contributed by atoms with Crippen molar-refractivity contribution in [3.05, 3.63) is 35.9 Å². The molecule has 1 aromatic carbocycles. The number of rotatable bonds is 6. The van der Waals surface area contributed by atoms with Crippen LogP contribution in [0.2, 0.25) is 0 Å². The molecule has 2 saturated heterocycles. The Hall–Kier alpha value is -1.39.